The van der Waals surface area contributed by atoms with E-state index in [0.29, 0.717) is 6.54 Å². The fraction of sp³-hybridized carbons (Fsp3) is 0.375. The lowest BCUT2D eigenvalue weighted by atomic mass is 9.95. The average molecular weight is 536 g/mol. The molecule has 4 aromatic rings. The van der Waals surface area contributed by atoms with Gasteiger partial charge in [0, 0.05) is 51.0 Å². The van der Waals surface area contributed by atoms with Crippen LogP contribution in [0.5, 0.6) is 0 Å². The second kappa shape index (κ2) is 11.6. The van der Waals surface area contributed by atoms with Gasteiger partial charge in [-0.1, -0.05) is 60.7 Å². The maximum Gasteiger partial charge on any atom is 0.227 e. The summed E-state index contributed by atoms with van der Waals surface area (Å²) in [6.45, 7) is 8.80. The normalized spacial score (nSPS) is 18.3. The van der Waals surface area contributed by atoms with E-state index in [1.807, 2.05) is 30.7 Å². The molecule has 6 rings (SSSR count). The summed E-state index contributed by atoms with van der Waals surface area (Å²) >= 11 is 0. The SMILES string of the molecule is Cc1cc(C)n(-c2cc(N3CCCC(C(=O)N4CCN(C(c5ccccc5)c5ccccc5)CC4)C3)ncn2)n1. The minimum Gasteiger partial charge on any atom is -0.356 e. The topological polar surface area (TPSA) is 70.4 Å². The highest BCUT2D eigenvalue weighted by Gasteiger charge is 2.33. The molecule has 2 aromatic carbocycles. The molecular formula is C32H37N7O. The van der Waals surface area contributed by atoms with Gasteiger partial charge in [0.1, 0.15) is 12.1 Å². The first-order valence-electron chi connectivity index (χ1n) is 14.3. The van der Waals surface area contributed by atoms with Crippen molar-refractivity contribution in [3.8, 4) is 5.82 Å². The van der Waals surface area contributed by atoms with Crippen LogP contribution in [-0.4, -0.2) is 74.7 Å². The number of aryl methyl sites for hydroxylation is 2. The molecule has 2 fully saturated rings. The van der Waals surface area contributed by atoms with E-state index in [2.05, 4.69) is 90.4 Å². The number of hydrogen-bond acceptors (Lipinski definition) is 6. The van der Waals surface area contributed by atoms with Gasteiger partial charge >= 0.3 is 0 Å². The number of piperazine rings is 1. The zero-order chi connectivity index (χ0) is 27.5. The Morgan fingerprint density at radius 3 is 2.10 bits per heavy atom. The third kappa shape index (κ3) is 5.49. The largest absolute Gasteiger partial charge is 0.356 e. The first kappa shape index (κ1) is 26.2. The number of rotatable bonds is 6. The Kier molecular flexibility index (Phi) is 7.60. The van der Waals surface area contributed by atoms with E-state index in [4.69, 9.17) is 0 Å². The van der Waals surface area contributed by atoms with Crippen molar-refractivity contribution in [1.82, 2.24) is 29.5 Å². The van der Waals surface area contributed by atoms with Crippen LogP contribution in [0.15, 0.2) is 79.1 Å². The number of hydrogen-bond donors (Lipinski definition) is 0. The number of benzene rings is 2. The maximum atomic E-state index is 13.7. The summed E-state index contributed by atoms with van der Waals surface area (Å²) in [7, 11) is 0. The van der Waals surface area contributed by atoms with E-state index in [9.17, 15) is 4.79 Å². The Hall–Kier alpha value is -4.04. The Morgan fingerprint density at radius 2 is 1.48 bits per heavy atom. The summed E-state index contributed by atoms with van der Waals surface area (Å²) in [4.78, 5) is 29.6. The number of anilines is 1. The standard InChI is InChI=1S/C32H37N7O/c1-24-20-25(2)39(35-24)30-21-29(33-23-34-30)38-15-9-14-28(22-38)32(40)37-18-16-36(17-19-37)31(26-10-5-3-6-11-26)27-12-7-4-8-13-27/h3-8,10-13,20-21,23,28,31H,9,14-19,22H2,1-2H3. The van der Waals surface area contributed by atoms with Crippen LogP contribution in [0.1, 0.15) is 41.4 Å². The predicted molar refractivity (Wildman–Crippen MR) is 156 cm³/mol. The molecule has 1 atom stereocenters. The summed E-state index contributed by atoms with van der Waals surface area (Å²) in [5, 5.41) is 4.57. The molecule has 1 unspecified atom stereocenters. The molecule has 0 radical (unpaired) electrons. The Labute approximate surface area is 236 Å². The van der Waals surface area contributed by atoms with Gasteiger partial charge in [-0.25, -0.2) is 14.6 Å². The highest BCUT2D eigenvalue weighted by molar-refractivity contribution is 5.80. The van der Waals surface area contributed by atoms with Gasteiger partial charge in [0.15, 0.2) is 5.82 Å². The zero-order valence-corrected chi connectivity index (χ0v) is 23.4. The Balaban J connectivity index is 1.12. The van der Waals surface area contributed by atoms with Crippen LogP contribution in [0.2, 0.25) is 0 Å². The number of nitrogens with zero attached hydrogens (tertiary/aromatic N) is 7. The molecule has 40 heavy (non-hydrogen) atoms. The van der Waals surface area contributed by atoms with E-state index in [1.165, 1.54) is 11.1 Å². The monoisotopic (exact) mass is 535 g/mol. The van der Waals surface area contributed by atoms with Crippen molar-refractivity contribution >= 4 is 11.7 Å². The summed E-state index contributed by atoms with van der Waals surface area (Å²) in [6.07, 6.45) is 3.49. The third-order valence-corrected chi connectivity index (χ3v) is 8.18. The second-order valence-electron chi connectivity index (χ2n) is 10.9. The van der Waals surface area contributed by atoms with Crippen molar-refractivity contribution in [1.29, 1.82) is 0 Å². The lowest BCUT2D eigenvalue weighted by Gasteiger charge is -2.42. The summed E-state index contributed by atoms with van der Waals surface area (Å²) in [5.41, 5.74) is 4.58. The van der Waals surface area contributed by atoms with Gasteiger partial charge in [0.05, 0.1) is 17.7 Å². The van der Waals surface area contributed by atoms with Gasteiger partial charge in [-0.15, -0.1) is 0 Å². The molecule has 0 saturated carbocycles. The van der Waals surface area contributed by atoms with Gasteiger partial charge in [0.2, 0.25) is 5.91 Å². The molecule has 0 spiro atoms. The van der Waals surface area contributed by atoms with Gasteiger partial charge < -0.3 is 9.80 Å². The second-order valence-corrected chi connectivity index (χ2v) is 10.9. The fourth-order valence-electron chi connectivity index (χ4n) is 6.22. The van der Waals surface area contributed by atoms with Crippen molar-refractivity contribution < 1.29 is 4.79 Å². The Morgan fingerprint density at radius 1 is 0.825 bits per heavy atom. The van der Waals surface area contributed by atoms with Crippen molar-refractivity contribution in [2.45, 2.75) is 32.7 Å². The molecule has 8 nitrogen and oxygen atoms in total. The predicted octanol–water partition coefficient (Wildman–Crippen LogP) is 4.43. The highest BCUT2D eigenvalue weighted by Crippen LogP contribution is 2.30. The van der Waals surface area contributed by atoms with Gasteiger partial charge in [-0.3, -0.25) is 9.69 Å². The minimum atomic E-state index is -0.0218. The number of carbonyl (C=O) groups is 1. The van der Waals surface area contributed by atoms with E-state index >= 15 is 0 Å². The summed E-state index contributed by atoms with van der Waals surface area (Å²) in [5.74, 6) is 1.86. The van der Waals surface area contributed by atoms with E-state index in [0.717, 1.165) is 68.6 Å². The van der Waals surface area contributed by atoms with E-state index in [1.54, 1.807) is 6.33 Å². The van der Waals surface area contributed by atoms with Crippen LogP contribution < -0.4 is 4.90 Å². The molecule has 0 bridgehead atoms. The third-order valence-electron chi connectivity index (χ3n) is 8.18. The molecule has 206 valence electrons. The van der Waals surface area contributed by atoms with Crippen LogP contribution in [0.25, 0.3) is 5.82 Å². The molecule has 2 aliphatic heterocycles. The first-order chi connectivity index (χ1) is 19.6. The molecule has 4 heterocycles. The summed E-state index contributed by atoms with van der Waals surface area (Å²) < 4.78 is 1.85. The number of piperidine rings is 1. The van der Waals surface area contributed by atoms with Crippen LogP contribution in [0.3, 0.4) is 0 Å². The quantitative estimate of drug-likeness (QED) is 0.364. The smallest absolute Gasteiger partial charge is 0.227 e. The Bertz CT molecular complexity index is 1390. The van der Waals surface area contributed by atoms with Gasteiger partial charge in [0.25, 0.3) is 0 Å². The highest BCUT2D eigenvalue weighted by atomic mass is 16.2. The van der Waals surface area contributed by atoms with Gasteiger partial charge in [-0.2, -0.15) is 5.10 Å². The maximum absolute atomic E-state index is 13.7. The van der Waals surface area contributed by atoms with Crippen LogP contribution >= 0.6 is 0 Å². The van der Waals surface area contributed by atoms with Crippen molar-refractivity contribution in [2.75, 3.05) is 44.2 Å². The van der Waals surface area contributed by atoms with Crippen LogP contribution in [0, 0.1) is 19.8 Å². The molecule has 2 aromatic heterocycles. The van der Waals surface area contributed by atoms with Crippen LogP contribution in [0.4, 0.5) is 5.82 Å². The van der Waals surface area contributed by atoms with Gasteiger partial charge in [-0.05, 0) is 43.9 Å². The zero-order valence-electron chi connectivity index (χ0n) is 23.4. The minimum absolute atomic E-state index is 0.0218. The molecule has 0 N–H and O–H groups in total. The van der Waals surface area contributed by atoms with E-state index < -0.39 is 0 Å². The molecule has 2 saturated heterocycles. The lowest BCUT2D eigenvalue weighted by molar-refractivity contribution is -0.137. The molecule has 8 heteroatoms. The summed E-state index contributed by atoms with van der Waals surface area (Å²) in [6, 6.07) is 25.6. The number of carbonyl (C=O) groups excluding carboxylic acids is 1. The molecule has 1 amide bonds. The van der Waals surface area contributed by atoms with Crippen molar-refractivity contribution in [3.63, 3.8) is 0 Å². The van der Waals surface area contributed by atoms with Crippen molar-refractivity contribution in [2.24, 2.45) is 5.92 Å². The lowest BCUT2D eigenvalue weighted by Crippen LogP contribution is -2.53. The van der Waals surface area contributed by atoms with Crippen LogP contribution in [-0.2, 0) is 4.79 Å². The van der Waals surface area contributed by atoms with E-state index in [-0.39, 0.29) is 17.9 Å². The fourth-order valence-corrected chi connectivity index (χ4v) is 6.22. The molecular weight excluding hydrogens is 498 g/mol. The first-order valence-corrected chi connectivity index (χ1v) is 14.3. The number of amides is 1. The van der Waals surface area contributed by atoms with Crippen molar-refractivity contribution in [3.05, 3.63) is 102 Å². The molecule has 2 aliphatic rings. The average Bonchev–Trinajstić information content (AvgIpc) is 3.36. The number of aromatic nitrogens is 4. The molecule has 0 aliphatic carbocycles.